The van der Waals surface area contributed by atoms with Crippen LogP contribution in [0.15, 0.2) is 30.3 Å². The maximum atomic E-state index is 12.9. The zero-order valence-corrected chi connectivity index (χ0v) is 10.3. The molecule has 0 aliphatic carbocycles. The van der Waals surface area contributed by atoms with E-state index in [0.717, 1.165) is 6.07 Å². The van der Waals surface area contributed by atoms with Crippen molar-refractivity contribution < 1.29 is 18.0 Å². The lowest BCUT2D eigenvalue weighted by molar-refractivity contribution is -0.137. The van der Waals surface area contributed by atoms with Gasteiger partial charge in [-0.15, -0.1) is 0 Å². The van der Waals surface area contributed by atoms with Crippen LogP contribution in [0.4, 0.5) is 13.2 Å². The van der Waals surface area contributed by atoms with Gasteiger partial charge >= 0.3 is 6.18 Å². The van der Waals surface area contributed by atoms with Gasteiger partial charge in [-0.3, -0.25) is 9.48 Å². The number of benzene rings is 1. The van der Waals surface area contributed by atoms with E-state index in [1.165, 1.54) is 42.9 Å². The highest BCUT2D eigenvalue weighted by atomic mass is 19.4. The van der Waals surface area contributed by atoms with Crippen molar-refractivity contribution in [2.24, 2.45) is 7.05 Å². The first-order chi connectivity index (χ1) is 8.80. The smallest absolute Gasteiger partial charge is 0.293 e. The Morgan fingerprint density at radius 3 is 2.42 bits per heavy atom. The predicted molar refractivity (Wildman–Crippen MR) is 63.7 cm³/mol. The number of aryl methyl sites for hydroxylation is 1. The summed E-state index contributed by atoms with van der Waals surface area (Å²) in [4.78, 5) is 11.2. The Bertz CT molecular complexity index is 629. The van der Waals surface area contributed by atoms with Crippen LogP contribution in [0.3, 0.4) is 0 Å². The van der Waals surface area contributed by atoms with Crippen LogP contribution in [0.2, 0.25) is 0 Å². The molecular weight excluding hydrogens is 257 g/mol. The highest BCUT2D eigenvalue weighted by Crippen LogP contribution is 2.36. The number of alkyl halides is 3. The van der Waals surface area contributed by atoms with E-state index in [4.69, 9.17) is 0 Å². The molecule has 2 aromatic rings. The number of rotatable bonds is 2. The predicted octanol–water partition coefficient (Wildman–Crippen LogP) is 3.31. The van der Waals surface area contributed by atoms with Gasteiger partial charge in [0.25, 0.3) is 0 Å². The summed E-state index contributed by atoms with van der Waals surface area (Å²) >= 11 is 0. The quantitative estimate of drug-likeness (QED) is 0.783. The molecule has 3 nitrogen and oxygen atoms in total. The fourth-order valence-electron chi connectivity index (χ4n) is 1.85. The summed E-state index contributed by atoms with van der Waals surface area (Å²) in [5.41, 5.74) is -0.321. The highest BCUT2D eigenvalue weighted by molar-refractivity contribution is 5.93. The third kappa shape index (κ3) is 2.52. The molecule has 1 heterocycles. The van der Waals surface area contributed by atoms with Crippen LogP contribution < -0.4 is 0 Å². The molecular formula is C13H11F3N2O. The van der Waals surface area contributed by atoms with Crippen LogP contribution in [0.25, 0.3) is 11.3 Å². The standard InChI is InChI=1S/C13H11F3N2O/c1-8(19)11-7-12(18(2)17-11)9-5-3-4-6-10(9)13(14,15)16/h3-7H,1-2H3. The molecule has 1 aromatic carbocycles. The summed E-state index contributed by atoms with van der Waals surface area (Å²) in [6, 6.07) is 6.59. The molecule has 0 unspecified atom stereocenters. The Labute approximate surface area is 107 Å². The zero-order valence-electron chi connectivity index (χ0n) is 10.3. The van der Waals surface area contributed by atoms with Crippen molar-refractivity contribution in [2.45, 2.75) is 13.1 Å². The Kier molecular flexibility index (Phi) is 3.18. The highest BCUT2D eigenvalue weighted by Gasteiger charge is 2.34. The molecule has 0 aliphatic heterocycles. The fourth-order valence-corrected chi connectivity index (χ4v) is 1.85. The molecule has 0 amide bonds. The normalized spacial score (nSPS) is 11.6. The molecule has 2 rings (SSSR count). The number of hydrogen-bond acceptors (Lipinski definition) is 2. The minimum Gasteiger partial charge on any atom is -0.293 e. The lowest BCUT2D eigenvalue weighted by Gasteiger charge is -2.12. The maximum Gasteiger partial charge on any atom is 0.417 e. The van der Waals surface area contributed by atoms with Gasteiger partial charge in [-0.05, 0) is 12.1 Å². The number of halogens is 3. The number of carbonyl (C=O) groups is 1. The zero-order chi connectivity index (χ0) is 14.2. The van der Waals surface area contributed by atoms with Crippen LogP contribution in [-0.4, -0.2) is 15.6 Å². The lowest BCUT2D eigenvalue weighted by Crippen LogP contribution is -2.08. The molecule has 100 valence electrons. The number of nitrogens with zero attached hydrogens (tertiary/aromatic N) is 2. The molecule has 6 heteroatoms. The van der Waals surface area contributed by atoms with E-state index in [2.05, 4.69) is 5.10 Å². The third-order valence-corrected chi connectivity index (χ3v) is 2.75. The van der Waals surface area contributed by atoms with Crippen LogP contribution in [0.5, 0.6) is 0 Å². The van der Waals surface area contributed by atoms with Gasteiger partial charge in [-0.25, -0.2) is 0 Å². The van der Waals surface area contributed by atoms with Crippen molar-refractivity contribution in [3.8, 4) is 11.3 Å². The van der Waals surface area contributed by atoms with Gasteiger partial charge < -0.3 is 0 Å². The van der Waals surface area contributed by atoms with Crippen LogP contribution in [0.1, 0.15) is 23.0 Å². The van der Waals surface area contributed by atoms with Gasteiger partial charge in [-0.1, -0.05) is 18.2 Å². The van der Waals surface area contributed by atoms with Crippen molar-refractivity contribution in [2.75, 3.05) is 0 Å². The summed E-state index contributed by atoms with van der Waals surface area (Å²) in [5, 5.41) is 3.91. The van der Waals surface area contributed by atoms with E-state index in [1.807, 2.05) is 0 Å². The summed E-state index contributed by atoms with van der Waals surface area (Å²) in [5.74, 6) is -0.286. The molecule has 0 spiro atoms. The summed E-state index contributed by atoms with van der Waals surface area (Å²) in [6.45, 7) is 1.32. The molecule has 0 saturated heterocycles. The van der Waals surface area contributed by atoms with Crippen molar-refractivity contribution in [1.29, 1.82) is 0 Å². The number of aromatic nitrogens is 2. The number of hydrogen-bond donors (Lipinski definition) is 0. The molecule has 0 atom stereocenters. The van der Waals surface area contributed by atoms with Gasteiger partial charge in [0.05, 0.1) is 11.3 Å². The fraction of sp³-hybridized carbons (Fsp3) is 0.231. The second kappa shape index (κ2) is 4.53. The number of ketones is 1. The molecule has 0 aliphatic rings. The topological polar surface area (TPSA) is 34.9 Å². The largest absolute Gasteiger partial charge is 0.417 e. The van der Waals surface area contributed by atoms with Gasteiger partial charge in [0.15, 0.2) is 5.78 Å². The van der Waals surface area contributed by atoms with Gasteiger partial charge in [-0.2, -0.15) is 18.3 Å². The van der Waals surface area contributed by atoms with E-state index < -0.39 is 11.7 Å². The van der Waals surface area contributed by atoms with E-state index in [1.54, 1.807) is 0 Å². The van der Waals surface area contributed by atoms with E-state index in [-0.39, 0.29) is 22.7 Å². The average Bonchev–Trinajstić information content (AvgIpc) is 2.70. The molecule has 19 heavy (non-hydrogen) atoms. The molecule has 0 saturated carbocycles. The summed E-state index contributed by atoms with van der Waals surface area (Å²) in [7, 11) is 1.51. The molecule has 0 radical (unpaired) electrons. The first-order valence-electron chi connectivity index (χ1n) is 5.52. The molecule has 1 aromatic heterocycles. The Hall–Kier alpha value is -2.11. The molecule has 0 bridgehead atoms. The van der Waals surface area contributed by atoms with Crippen molar-refractivity contribution in [3.05, 3.63) is 41.6 Å². The Morgan fingerprint density at radius 2 is 1.89 bits per heavy atom. The van der Waals surface area contributed by atoms with Crippen LogP contribution >= 0.6 is 0 Å². The second-order valence-corrected chi connectivity index (χ2v) is 4.14. The van der Waals surface area contributed by atoms with Gasteiger partial charge in [0, 0.05) is 19.5 Å². The van der Waals surface area contributed by atoms with Gasteiger partial charge in [0.2, 0.25) is 0 Å². The first kappa shape index (κ1) is 13.3. The number of Topliss-reactive ketones (excluding diaryl/α,β-unsaturated/α-hetero) is 1. The van der Waals surface area contributed by atoms with Gasteiger partial charge in [0.1, 0.15) is 5.69 Å². The van der Waals surface area contributed by atoms with E-state index in [0.29, 0.717) is 0 Å². The van der Waals surface area contributed by atoms with Crippen molar-refractivity contribution >= 4 is 5.78 Å². The van der Waals surface area contributed by atoms with Crippen LogP contribution in [-0.2, 0) is 13.2 Å². The maximum absolute atomic E-state index is 12.9. The number of carbonyl (C=O) groups excluding carboxylic acids is 1. The van der Waals surface area contributed by atoms with Crippen LogP contribution in [0, 0.1) is 0 Å². The monoisotopic (exact) mass is 268 g/mol. The summed E-state index contributed by atoms with van der Waals surface area (Å²) in [6.07, 6.45) is -4.45. The minimum atomic E-state index is -4.45. The molecule has 0 N–H and O–H groups in total. The van der Waals surface area contributed by atoms with Crippen molar-refractivity contribution in [3.63, 3.8) is 0 Å². The second-order valence-electron chi connectivity index (χ2n) is 4.14. The third-order valence-electron chi connectivity index (χ3n) is 2.75. The molecule has 0 fully saturated rings. The minimum absolute atomic E-state index is 0.0116. The van der Waals surface area contributed by atoms with E-state index in [9.17, 15) is 18.0 Å². The first-order valence-corrected chi connectivity index (χ1v) is 5.52. The lowest BCUT2D eigenvalue weighted by atomic mass is 10.0. The van der Waals surface area contributed by atoms with Crippen molar-refractivity contribution in [1.82, 2.24) is 9.78 Å². The Morgan fingerprint density at radius 1 is 1.26 bits per heavy atom. The average molecular weight is 268 g/mol. The van der Waals surface area contributed by atoms with E-state index >= 15 is 0 Å². The summed E-state index contributed by atoms with van der Waals surface area (Å²) < 4.78 is 40.1. The Balaban J connectivity index is 2.63. The SMILES string of the molecule is CC(=O)c1cc(-c2ccccc2C(F)(F)F)n(C)n1.